The third-order valence-electron chi connectivity index (χ3n) is 4.68. The van der Waals surface area contributed by atoms with Crippen molar-refractivity contribution in [2.45, 2.75) is 39.5 Å². The van der Waals surface area contributed by atoms with Gasteiger partial charge in [0.05, 0.1) is 4.99 Å². The molecule has 0 atom stereocenters. The van der Waals surface area contributed by atoms with Crippen LogP contribution in [0.25, 0.3) is 0 Å². The molecule has 1 heterocycles. The van der Waals surface area contributed by atoms with E-state index in [4.69, 9.17) is 18.0 Å². The molecule has 3 nitrogen and oxygen atoms in total. The zero-order valence-electron chi connectivity index (χ0n) is 12.9. The number of rotatable bonds is 4. The summed E-state index contributed by atoms with van der Waals surface area (Å²) in [6, 6.07) is 8.25. The zero-order valence-corrected chi connectivity index (χ0v) is 13.7. The van der Waals surface area contributed by atoms with Crippen LogP contribution in [-0.4, -0.2) is 28.9 Å². The predicted molar refractivity (Wildman–Crippen MR) is 90.2 cm³/mol. The molecular weight excluding hydrogens is 280 g/mol. The maximum Gasteiger partial charge on any atom is 0.222 e. The van der Waals surface area contributed by atoms with E-state index in [2.05, 4.69) is 26.0 Å². The minimum Gasteiger partial charge on any atom is -0.393 e. The maximum atomic E-state index is 12.3. The Morgan fingerprint density at radius 2 is 1.95 bits per heavy atom. The van der Waals surface area contributed by atoms with E-state index in [1.165, 1.54) is 11.1 Å². The molecule has 1 fully saturated rings. The number of amides is 1. The zero-order chi connectivity index (χ0) is 15.5. The second-order valence-corrected chi connectivity index (χ2v) is 6.67. The Bertz CT molecular complexity index is 533. The van der Waals surface area contributed by atoms with Gasteiger partial charge in [0.1, 0.15) is 0 Å². The van der Waals surface area contributed by atoms with Crippen LogP contribution in [-0.2, 0) is 11.2 Å². The van der Waals surface area contributed by atoms with E-state index >= 15 is 0 Å². The van der Waals surface area contributed by atoms with Gasteiger partial charge in [-0.2, -0.15) is 0 Å². The lowest BCUT2D eigenvalue weighted by Crippen LogP contribution is -2.46. The number of aryl methyl sites for hydroxylation is 2. The van der Waals surface area contributed by atoms with Gasteiger partial charge in [0.15, 0.2) is 0 Å². The Kier molecular flexibility index (Phi) is 4.99. The van der Waals surface area contributed by atoms with Gasteiger partial charge in [0.25, 0.3) is 0 Å². The number of likely N-dealkylation sites (tertiary alicyclic amines) is 1. The number of hydrogen-bond acceptors (Lipinski definition) is 2. The van der Waals surface area contributed by atoms with Gasteiger partial charge in [-0.1, -0.05) is 43.4 Å². The lowest BCUT2D eigenvalue weighted by molar-refractivity contribution is -0.132. The Hall–Kier alpha value is -1.42. The largest absolute Gasteiger partial charge is 0.393 e. The van der Waals surface area contributed by atoms with Crippen molar-refractivity contribution in [2.75, 3.05) is 13.1 Å². The van der Waals surface area contributed by atoms with Crippen LogP contribution >= 0.6 is 12.2 Å². The highest BCUT2D eigenvalue weighted by molar-refractivity contribution is 7.80. The lowest BCUT2D eigenvalue weighted by Gasteiger charge is -2.38. The highest BCUT2D eigenvalue weighted by Crippen LogP contribution is 2.31. The van der Waals surface area contributed by atoms with Gasteiger partial charge in [0, 0.05) is 24.9 Å². The van der Waals surface area contributed by atoms with Crippen molar-refractivity contribution in [1.29, 1.82) is 0 Å². The smallest absolute Gasteiger partial charge is 0.222 e. The van der Waals surface area contributed by atoms with Crippen molar-refractivity contribution < 1.29 is 4.79 Å². The van der Waals surface area contributed by atoms with Crippen molar-refractivity contribution in [3.8, 4) is 0 Å². The second-order valence-electron chi connectivity index (χ2n) is 6.23. The summed E-state index contributed by atoms with van der Waals surface area (Å²) in [5.74, 6) is 0.239. The van der Waals surface area contributed by atoms with Gasteiger partial charge in [-0.25, -0.2) is 0 Å². The first kappa shape index (κ1) is 16.0. The molecule has 1 amide bonds. The predicted octanol–water partition coefficient (Wildman–Crippen LogP) is 2.84. The Morgan fingerprint density at radius 1 is 1.33 bits per heavy atom. The van der Waals surface area contributed by atoms with Crippen LogP contribution in [0.2, 0.25) is 0 Å². The highest BCUT2D eigenvalue weighted by Gasteiger charge is 2.33. The molecule has 0 spiro atoms. The number of hydrogen-bond donors (Lipinski definition) is 1. The summed E-state index contributed by atoms with van der Waals surface area (Å²) in [6.45, 7) is 5.72. The average Bonchev–Trinajstić information content (AvgIpc) is 2.46. The van der Waals surface area contributed by atoms with Crippen molar-refractivity contribution in [1.82, 2.24) is 4.90 Å². The quantitative estimate of drug-likeness (QED) is 0.870. The van der Waals surface area contributed by atoms with Crippen molar-refractivity contribution in [3.05, 3.63) is 35.4 Å². The molecule has 0 unspecified atom stereocenters. The molecule has 0 bridgehead atoms. The molecule has 2 rings (SSSR count). The third-order valence-corrected chi connectivity index (χ3v) is 5.18. The summed E-state index contributed by atoms with van der Waals surface area (Å²) in [4.78, 5) is 14.9. The van der Waals surface area contributed by atoms with E-state index in [1.807, 2.05) is 17.0 Å². The van der Waals surface area contributed by atoms with Crippen LogP contribution in [0.15, 0.2) is 24.3 Å². The minimum absolute atomic E-state index is 0.0812. The van der Waals surface area contributed by atoms with Gasteiger partial charge in [0.2, 0.25) is 5.91 Å². The average molecular weight is 304 g/mol. The van der Waals surface area contributed by atoms with E-state index in [0.717, 1.165) is 32.4 Å². The number of piperidine rings is 1. The van der Waals surface area contributed by atoms with E-state index in [1.54, 1.807) is 0 Å². The van der Waals surface area contributed by atoms with Crippen LogP contribution in [0, 0.1) is 12.3 Å². The van der Waals surface area contributed by atoms with Gasteiger partial charge >= 0.3 is 0 Å². The molecule has 2 N–H and O–H groups in total. The first-order valence-corrected chi connectivity index (χ1v) is 7.95. The first-order chi connectivity index (χ1) is 9.92. The normalized spacial score (nSPS) is 17.5. The molecule has 0 radical (unpaired) electrons. The van der Waals surface area contributed by atoms with Gasteiger partial charge in [-0.15, -0.1) is 0 Å². The van der Waals surface area contributed by atoms with Gasteiger partial charge < -0.3 is 10.6 Å². The SMILES string of the molecule is Cc1ccccc1CCC(=O)N1CCC(C)(C(N)=S)CC1. The van der Waals surface area contributed by atoms with E-state index in [0.29, 0.717) is 11.4 Å². The van der Waals surface area contributed by atoms with E-state index < -0.39 is 0 Å². The number of nitrogens with two attached hydrogens (primary N) is 1. The Morgan fingerprint density at radius 3 is 2.52 bits per heavy atom. The summed E-state index contributed by atoms with van der Waals surface area (Å²) in [6.07, 6.45) is 3.14. The summed E-state index contributed by atoms with van der Waals surface area (Å²) in [7, 11) is 0. The number of nitrogens with zero attached hydrogens (tertiary/aromatic N) is 1. The minimum atomic E-state index is -0.0812. The molecule has 4 heteroatoms. The number of benzene rings is 1. The summed E-state index contributed by atoms with van der Waals surface area (Å²) >= 11 is 5.14. The standard InChI is InChI=1S/C17H24N2OS/c1-13-5-3-4-6-14(13)7-8-15(20)19-11-9-17(2,10-12-19)16(18)21/h3-6H,7-12H2,1-2H3,(H2,18,21). The molecule has 114 valence electrons. The fraction of sp³-hybridized carbons (Fsp3) is 0.529. The fourth-order valence-corrected chi connectivity index (χ4v) is 2.99. The summed E-state index contributed by atoms with van der Waals surface area (Å²) < 4.78 is 0. The molecule has 0 aliphatic carbocycles. The number of carbonyl (C=O) groups is 1. The lowest BCUT2D eigenvalue weighted by atomic mass is 9.80. The van der Waals surface area contributed by atoms with E-state index in [-0.39, 0.29) is 11.3 Å². The van der Waals surface area contributed by atoms with Crippen LogP contribution in [0.1, 0.15) is 37.3 Å². The summed E-state index contributed by atoms with van der Waals surface area (Å²) in [5, 5.41) is 0. The van der Waals surface area contributed by atoms with Crippen LogP contribution < -0.4 is 5.73 Å². The summed E-state index contributed by atoms with van der Waals surface area (Å²) in [5.41, 5.74) is 8.24. The molecule has 1 aromatic rings. The van der Waals surface area contributed by atoms with Crippen molar-refractivity contribution in [2.24, 2.45) is 11.1 Å². The molecule has 0 aromatic heterocycles. The fourth-order valence-electron chi connectivity index (χ4n) is 2.79. The molecule has 1 saturated heterocycles. The number of thiocarbonyl (C=S) groups is 1. The number of carbonyl (C=O) groups excluding carboxylic acids is 1. The van der Waals surface area contributed by atoms with Gasteiger partial charge in [-0.05, 0) is 37.3 Å². The van der Waals surface area contributed by atoms with E-state index in [9.17, 15) is 4.79 Å². The van der Waals surface area contributed by atoms with Crippen LogP contribution in [0.5, 0.6) is 0 Å². The molecule has 1 aliphatic rings. The topological polar surface area (TPSA) is 46.3 Å². The second kappa shape index (κ2) is 6.56. The molecule has 1 aliphatic heterocycles. The molecule has 0 saturated carbocycles. The van der Waals surface area contributed by atoms with Gasteiger partial charge in [-0.3, -0.25) is 4.79 Å². The van der Waals surface area contributed by atoms with Crippen LogP contribution in [0.3, 0.4) is 0 Å². The Labute approximate surface area is 132 Å². The Balaban J connectivity index is 1.86. The maximum absolute atomic E-state index is 12.3. The monoisotopic (exact) mass is 304 g/mol. The highest BCUT2D eigenvalue weighted by atomic mass is 32.1. The van der Waals surface area contributed by atoms with Crippen molar-refractivity contribution >= 4 is 23.1 Å². The third kappa shape index (κ3) is 3.82. The molecule has 21 heavy (non-hydrogen) atoms. The molecule has 1 aromatic carbocycles. The molecular formula is C17H24N2OS. The van der Waals surface area contributed by atoms with Crippen LogP contribution in [0.4, 0.5) is 0 Å². The first-order valence-electron chi connectivity index (χ1n) is 7.54. The van der Waals surface area contributed by atoms with Crippen molar-refractivity contribution in [3.63, 3.8) is 0 Å².